The van der Waals surface area contributed by atoms with Gasteiger partial charge >= 0.3 is 0 Å². The van der Waals surface area contributed by atoms with Crippen LogP contribution in [0, 0.1) is 11.8 Å². The highest BCUT2D eigenvalue weighted by Crippen LogP contribution is 2.31. The molecule has 0 aromatic carbocycles. The maximum absolute atomic E-state index is 11.0. The van der Waals surface area contributed by atoms with Crippen LogP contribution < -0.4 is 0 Å². The van der Waals surface area contributed by atoms with Crippen LogP contribution in [0.25, 0.3) is 0 Å². The molecule has 2 heteroatoms. The Morgan fingerprint density at radius 2 is 1.93 bits per heavy atom. The van der Waals surface area contributed by atoms with Crippen LogP contribution in [-0.4, -0.2) is 18.0 Å². The van der Waals surface area contributed by atoms with Crippen LogP contribution in [0.3, 0.4) is 0 Å². The van der Waals surface area contributed by atoms with Crippen molar-refractivity contribution in [3.8, 4) is 0 Å². The lowest BCUT2D eigenvalue weighted by Crippen LogP contribution is -2.31. The molecule has 82 valence electrons. The number of hydrogen-bond donors (Lipinski definition) is 0. The van der Waals surface area contributed by atoms with Gasteiger partial charge in [0.1, 0.15) is 6.10 Å². The molecule has 1 aliphatic carbocycles. The van der Waals surface area contributed by atoms with E-state index in [2.05, 4.69) is 13.8 Å². The van der Waals surface area contributed by atoms with Gasteiger partial charge in [0, 0.05) is 0 Å². The fraction of sp³-hybridized carbons (Fsp3) is 0.917. The van der Waals surface area contributed by atoms with Crippen molar-refractivity contribution >= 4 is 5.78 Å². The first-order valence-corrected chi connectivity index (χ1v) is 5.66. The molecule has 2 nitrogen and oxygen atoms in total. The van der Waals surface area contributed by atoms with E-state index in [1.165, 1.54) is 6.42 Å². The Bertz CT molecular complexity index is 200. The Balaban J connectivity index is 2.36. The van der Waals surface area contributed by atoms with E-state index in [1.54, 1.807) is 6.92 Å². The van der Waals surface area contributed by atoms with Gasteiger partial charge in [-0.25, -0.2) is 0 Å². The molecule has 1 saturated carbocycles. The molecular weight excluding hydrogens is 176 g/mol. The van der Waals surface area contributed by atoms with Gasteiger partial charge in [-0.3, -0.25) is 4.79 Å². The summed E-state index contributed by atoms with van der Waals surface area (Å²) in [7, 11) is 0. The van der Waals surface area contributed by atoms with Gasteiger partial charge in [-0.15, -0.1) is 0 Å². The minimum absolute atomic E-state index is 0.135. The molecule has 0 N–H and O–H groups in total. The van der Waals surface area contributed by atoms with Gasteiger partial charge in [-0.1, -0.05) is 13.8 Å². The third-order valence-corrected chi connectivity index (χ3v) is 3.52. The molecule has 1 aliphatic rings. The van der Waals surface area contributed by atoms with Crippen LogP contribution in [0.4, 0.5) is 0 Å². The number of carbonyl (C=O) groups is 1. The molecule has 0 aliphatic heterocycles. The Labute approximate surface area is 87.0 Å². The van der Waals surface area contributed by atoms with Gasteiger partial charge in [0.2, 0.25) is 0 Å². The monoisotopic (exact) mass is 198 g/mol. The molecule has 1 fully saturated rings. The van der Waals surface area contributed by atoms with Crippen molar-refractivity contribution in [1.82, 2.24) is 0 Å². The van der Waals surface area contributed by atoms with Crippen molar-refractivity contribution in [3.63, 3.8) is 0 Å². The molecule has 0 amide bonds. The van der Waals surface area contributed by atoms with Gasteiger partial charge in [-0.05, 0) is 44.9 Å². The summed E-state index contributed by atoms with van der Waals surface area (Å²) in [4.78, 5) is 11.0. The molecule has 0 spiro atoms. The summed E-state index contributed by atoms with van der Waals surface area (Å²) in [6, 6.07) is 0. The first kappa shape index (κ1) is 11.7. The summed E-state index contributed by atoms with van der Waals surface area (Å²) in [6.07, 6.45) is 3.54. The Hall–Kier alpha value is -0.370. The van der Waals surface area contributed by atoms with Gasteiger partial charge in [-0.2, -0.15) is 0 Å². The Kier molecular flexibility index (Phi) is 4.11. The predicted molar refractivity (Wildman–Crippen MR) is 57.2 cm³/mol. The predicted octanol–water partition coefficient (Wildman–Crippen LogP) is 2.81. The van der Waals surface area contributed by atoms with E-state index < -0.39 is 0 Å². The zero-order valence-corrected chi connectivity index (χ0v) is 9.75. The minimum Gasteiger partial charge on any atom is -0.368 e. The molecule has 0 aromatic rings. The van der Waals surface area contributed by atoms with Crippen molar-refractivity contribution in [2.24, 2.45) is 11.8 Å². The van der Waals surface area contributed by atoms with E-state index in [1.807, 2.05) is 6.92 Å². The maximum Gasteiger partial charge on any atom is 0.158 e. The number of Topliss-reactive ketones (excluding diaryl/α,β-unsaturated/α-hetero) is 1. The van der Waals surface area contributed by atoms with E-state index in [4.69, 9.17) is 4.74 Å². The molecule has 0 bridgehead atoms. The number of rotatable bonds is 3. The maximum atomic E-state index is 11.0. The van der Waals surface area contributed by atoms with Crippen LogP contribution in [0.2, 0.25) is 0 Å². The van der Waals surface area contributed by atoms with Crippen molar-refractivity contribution < 1.29 is 9.53 Å². The lowest BCUT2D eigenvalue weighted by atomic mass is 9.80. The van der Waals surface area contributed by atoms with Crippen LogP contribution in [0.15, 0.2) is 0 Å². The Morgan fingerprint density at radius 1 is 1.29 bits per heavy atom. The lowest BCUT2D eigenvalue weighted by Gasteiger charge is -2.33. The minimum atomic E-state index is -0.222. The fourth-order valence-corrected chi connectivity index (χ4v) is 2.01. The molecule has 1 rings (SSSR count). The summed E-state index contributed by atoms with van der Waals surface area (Å²) >= 11 is 0. The number of carbonyl (C=O) groups excluding carboxylic acids is 1. The van der Waals surface area contributed by atoms with Crippen LogP contribution in [0.1, 0.15) is 47.0 Å². The van der Waals surface area contributed by atoms with Gasteiger partial charge in [0.15, 0.2) is 5.78 Å². The van der Waals surface area contributed by atoms with Crippen molar-refractivity contribution in [2.45, 2.75) is 59.2 Å². The topological polar surface area (TPSA) is 26.3 Å². The largest absolute Gasteiger partial charge is 0.368 e. The summed E-state index contributed by atoms with van der Waals surface area (Å²) < 4.78 is 5.72. The van der Waals surface area contributed by atoms with Gasteiger partial charge in [0.05, 0.1) is 6.10 Å². The molecule has 4 unspecified atom stereocenters. The molecule has 0 heterocycles. The molecule has 4 atom stereocenters. The summed E-state index contributed by atoms with van der Waals surface area (Å²) in [5.41, 5.74) is 0. The third kappa shape index (κ3) is 3.09. The van der Waals surface area contributed by atoms with Gasteiger partial charge in [0.25, 0.3) is 0 Å². The van der Waals surface area contributed by atoms with E-state index >= 15 is 0 Å². The average Bonchev–Trinajstić information content (AvgIpc) is 2.11. The second kappa shape index (κ2) is 4.92. The molecule has 0 radical (unpaired) electrons. The summed E-state index contributed by atoms with van der Waals surface area (Å²) in [5.74, 6) is 1.67. The van der Waals surface area contributed by atoms with Crippen molar-refractivity contribution in [2.75, 3.05) is 0 Å². The average molecular weight is 198 g/mol. The van der Waals surface area contributed by atoms with E-state index in [0.717, 1.165) is 24.7 Å². The van der Waals surface area contributed by atoms with E-state index in [9.17, 15) is 4.79 Å². The smallest absolute Gasteiger partial charge is 0.158 e. The Morgan fingerprint density at radius 3 is 2.43 bits per heavy atom. The standard InChI is InChI=1S/C12H22O2/c1-8-5-6-12(7-9(8)2)14-11(4)10(3)13/h8-9,11-12H,5-7H2,1-4H3. The number of ether oxygens (including phenoxy) is 1. The molecule has 0 aromatic heterocycles. The second-order valence-electron chi connectivity index (χ2n) is 4.78. The highest BCUT2D eigenvalue weighted by molar-refractivity contribution is 5.79. The molecular formula is C12H22O2. The quantitative estimate of drug-likeness (QED) is 0.697. The highest BCUT2D eigenvalue weighted by Gasteiger charge is 2.26. The first-order valence-electron chi connectivity index (χ1n) is 5.66. The third-order valence-electron chi connectivity index (χ3n) is 3.52. The summed E-state index contributed by atoms with van der Waals surface area (Å²) in [6.45, 7) is 8.03. The normalized spacial score (nSPS) is 35.3. The lowest BCUT2D eigenvalue weighted by molar-refractivity contribution is -0.133. The van der Waals surface area contributed by atoms with E-state index in [-0.39, 0.29) is 11.9 Å². The zero-order chi connectivity index (χ0) is 10.7. The summed E-state index contributed by atoms with van der Waals surface area (Å²) in [5, 5.41) is 0. The van der Waals surface area contributed by atoms with Crippen molar-refractivity contribution in [3.05, 3.63) is 0 Å². The molecule has 14 heavy (non-hydrogen) atoms. The molecule has 0 saturated heterocycles. The number of hydrogen-bond acceptors (Lipinski definition) is 2. The zero-order valence-electron chi connectivity index (χ0n) is 9.75. The van der Waals surface area contributed by atoms with Crippen LogP contribution >= 0.6 is 0 Å². The van der Waals surface area contributed by atoms with Gasteiger partial charge < -0.3 is 4.74 Å². The first-order chi connectivity index (χ1) is 6.50. The van der Waals surface area contributed by atoms with Crippen molar-refractivity contribution in [1.29, 1.82) is 0 Å². The van der Waals surface area contributed by atoms with Crippen LogP contribution in [-0.2, 0) is 9.53 Å². The number of ketones is 1. The van der Waals surface area contributed by atoms with E-state index in [0.29, 0.717) is 6.10 Å². The SMILES string of the molecule is CC(=O)C(C)OC1CCC(C)C(C)C1. The highest BCUT2D eigenvalue weighted by atomic mass is 16.5. The fourth-order valence-electron chi connectivity index (χ4n) is 2.01. The second-order valence-corrected chi connectivity index (χ2v) is 4.78. The van der Waals surface area contributed by atoms with Crippen LogP contribution in [0.5, 0.6) is 0 Å².